The van der Waals surface area contributed by atoms with Crippen LogP contribution in [0.15, 0.2) is 29.3 Å². The molecule has 1 radical (unpaired) electrons. The first-order valence-electron chi connectivity index (χ1n) is 5.70. The van der Waals surface area contributed by atoms with E-state index in [1.165, 1.54) is 12.1 Å². The van der Waals surface area contributed by atoms with Crippen LogP contribution in [0.4, 0.5) is 0 Å². The van der Waals surface area contributed by atoms with Gasteiger partial charge in [-0.05, 0) is 18.6 Å². The van der Waals surface area contributed by atoms with Gasteiger partial charge in [0, 0.05) is 0 Å². The molecule has 1 atom stereocenters. The maximum Gasteiger partial charge on any atom is 0.336 e. The molecule has 2 rings (SSSR count). The number of aliphatic imine (C=N–C) groups is 1. The van der Waals surface area contributed by atoms with Crippen LogP contribution in [-0.4, -0.2) is 29.2 Å². The summed E-state index contributed by atoms with van der Waals surface area (Å²) in [5.74, 6) is -1.88. The molecule has 7 nitrogen and oxygen atoms in total. The lowest BCUT2D eigenvalue weighted by Gasteiger charge is -2.03. The van der Waals surface area contributed by atoms with Gasteiger partial charge in [0.15, 0.2) is 6.23 Å². The second-order valence-electron chi connectivity index (χ2n) is 3.81. The molecule has 7 heteroatoms. The lowest BCUT2D eigenvalue weighted by Crippen LogP contribution is -2.25. The highest BCUT2D eigenvalue weighted by Crippen LogP contribution is 2.11. The first kappa shape index (κ1) is 13.0. The van der Waals surface area contributed by atoms with Gasteiger partial charge in [-0.2, -0.15) is 10.4 Å². The predicted octanol–water partition coefficient (Wildman–Crippen LogP) is 0.756. The average Bonchev–Trinajstić information content (AvgIpc) is 2.86. The van der Waals surface area contributed by atoms with Crippen LogP contribution in [0.5, 0.6) is 0 Å². The number of carboxylic acids is 1. The van der Waals surface area contributed by atoms with Crippen molar-refractivity contribution in [2.24, 2.45) is 4.99 Å². The molecule has 1 saturated heterocycles. The summed E-state index contributed by atoms with van der Waals surface area (Å²) in [4.78, 5) is 26.5. The summed E-state index contributed by atoms with van der Waals surface area (Å²) in [5.41, 5.74) is 6.29. The Balaban J connectivity index is 2.21. The van der Waals surface area contributed by atoms with Gasteiger partial charge in [-0.15, -0.1) is 5.43 Å². The number of hydrogen-bond acceptors (Lipinski definition) is 4. The molecule has 1 unspecified atom stereocenters. The zero-order valence-electron chi connectivity index (χ0n) is 10.2. The quantitative estimate of drug-likeness (QED) is 0.837. The maximum atomic E-state index is 11.9. The lowest BCUT2D eigenvalue weighted by molar-refractivity contribution is 0.0692. The molecule has 0 aliphatic carbocycles. The second-order valence-corrected chi connectivity index (χ2v) is 3.81. The molecule has 1 aromatic rings. The number of ether oxygens (including phenoxy) is 1. The highest BCUT2D eigenvalue weighted by molar-refractivity contribution is 6.08. The molecule has 99 valence electrons. The van der Waals surface area contributed by atoms with Crippen LogP contribution in [0.25, 0.3) is 0 Å². The summed E-state index contributed by atoms with van der Waals surface area (Å²) in [6.45, 7) is 1.89. The van der Waals surface area contributed by atoms with E-state index in [9.17, 15) is 9.59 Å². The van der Waals surface area contributed by atoms with E-state index in [0.717, 1.165) is 0 Å². The number of benzene rings is 1. The Morgan fingerprint density at radius 3 is 2.68 bits per heavy atom. The van der Waals surface area contributed by atoms with Gasteiger partial charge >= 0.3 is 12.0 Å². The number of nitrogens with one attached hydrogen (secondary N) is 1. The molecule has 1 aliphatic rings. The number of rotatable bonds is 3. The molecule has 1 aromatic carbocycles. The van der Waals surface area contributed by atoms with E-state index >= 15 is 0 Å². The van der Waals surface area contributed by atoms with Crippen molar-refractivity contribution in [2.75, 3.05) is 0 Å². The van der Waals surface area contributed by atoms with Crippen LogP contribution in [0, 0.1) is 0 Å². The number of amides is 1. The van der Waals surface area contributed by atoms with Crippen molar-refractivity contribution in [1.29, 1.82) is 0 Å². The number of amidine groups is 1. The normalized spacial score (nSPS) is 19.8. The van der Waals surface area contributed by atoms with Crippen molar-refractivity contribution in [2.45, 2.75) is 19.6 Å². The molecule has 0 aromatic heterocycles. The molecule has 1 heterocycles. The number of hydrogen-bond donors (Lipinski definition) is 2. The highest BCUT2D eigenvalue weighted by Gasteiger charge is 2.23. The van der Waals surface area contributed by atoms with E-state index in [2.05, 4.69) is 15.8 Å². The molecule has 0 bridgehead atoms. The molecule has 1 fully saturated rings. The van der Waals surface area contributed by atoms with Gasteiger partial charge in [0.1, 0.15) is 0 Å². The van der Waals surface area contributed by atoms with Crippen LogP contribution in [0.2, 0.25) is 0 Å². The minimum Gasteiger partial charge on any atom is -0.478 e. The second kappa shape index (κ2) is 5.49. The van der Waals surface area contributed by atoms with Crippen LogP contribution in [0.1, 0.15) is 34.1 Å². The van der Waals surface area contributed by atoms with Crippen LogP contribution < -0.4 is 10.9 Å². The van der Waals surface area contributed by atoms with Gasteiger partial charge in [0.05, 0.1) is 11.1 Å². The smallest absolute Gasteiger partial charge is 0.336 e. The van der Waals surface area contributed by atoms with Crippen molar-refractivity contribution in [1.82, 2.24) is 10.9 Å². The fourth-order valence-electron chi connectivity index (χ4n) is 1.54. The van der Waals surface area contributed by atoms with Gasteiger partial charge in [0.25, 0.3) is 5.91 Å². The highest BCUT2D eigenvalue weighted by atomic mass is 16.5. The van der Waals surface area contributed by atoms with Crippen LogP contribution in [0.3, 0.4) is 0 Å². The number of carboxylic acid groups (broad SMARTS) is 1. The van der Waals surface area contributed by atoms with Gasteiger partial charge in [-0.25, -0.2) is 4.79 Å². The molecular formula is C12H12N3O4. The Hall–Kier alpha value is -2.41. The maximum absolute atomic E-state index is 11.9. The Labute approximate surface area is 109 Å². The molecule has 0 spiro atoms. The van der Waals surface area contributed by atoms with E-state index < -0.39 is 11.9 Å². The Morgan fingerprint density at radius 1 is 1.42 bits per heavy atom. The lowest BCUT2D eigenvalue weighted by atomic mass is 10.1. The van der Waals surface area contributed by atoms with Crippen molar-refractivity contribution in [3.05, 3.63) is 35.4 Å². The number of carbonyl (C=O) groups is 2. The van der Waals surface area contributed by atoms with Gasteiger partial charge in [-0.3, -0.25) is 4.79 Å². The first-order chi connectivity index (χ1) is 9.11. The topological polar surface area (TPSA) is 102 Å². The summed E-state index contributed by atoms with van der Waals surface area (Å²) in [6.07, 6.45) is 0.365. The van der Waals surface area contributed by atoms with Crippen molar-refractivity contribution < 1.29 is 19.4 Å². The third kappa shape index (κ3) is 2.89. The standard InChI is InChI=1S/C12H12N3O4/c1-2-9-14-15-12(19-9)13-10(16)7-5-3-4-6-8(7)11(17)18/h3-6,9,14H,2H2,1H3,(H,17,18). The van der Waals surface area contributed by atoms with Gasteiger partial charge in [-0.1, -0.05) is 19.1 Å². The predicted molar refractivity (Wildman–Crippen MR) is 65.6 cm³/mol. The van der Waals surface area contributed by atoms with Crippen molar-refractivity contribution in [3.63, 3.8) is 0 Å². The SMILES string of the molecule is CCC1N[N]C(=NC(=O)c2ccccc2C(=O)O)O1. The fraction of sp³-hybridized carbons (Fsp3) is 0.250. The number of carbonyl (C=O) groups excluding carboxylic acids is 1. The Bertz CT molecular complexity index is 542. The first-order valence-corrected chi connectivity index (χ1v) is 5.70. The van der Waals surface area contributed by atoms with Crippen molar-refractivity contribution >= 4 is 17.9 Å². The summed E-state index contributed by atoms with van der Waals surface area (Å²) in [6, 6.07) is 5.76. The summed E-state index contributed by atoms with van der Waals surface area (Å²) in [7, 11) is 0. The molecule has 1 amide bonds. The Kier molecular flexibility index (Phi) is 3.76. The third-order valence-corrected chi connectivity index (χ3v) is 2.51. The van der Waals surface area contributed by atoms with E-state index in [0.29, 0.717) is 6.42 Å². The minimum atomic E-state index is -1.18. The molecule has 0 saturated carbocycles. The fourth-order valence-corrected chi connectivity index (χ4v) is 1.54. The minimum absolute atomic E-state index is 0.00116. The van der Waals surface area contributed by atoms with E-state index in [4.69, 9.17) is 9.84 Å². The molecule has 19 heavy (non-hydrogen) atoms. The summed E-state index contributed by atoms with van der Waals surface area (Å²) >= 11 is 0. The summed E-state index contributed by atoms with van der Waals surface area (Å²) in [5, 5.41) is 8.99. The third-order valence-electron chi connectivity index (χ3n) is 2.51. The zero-order chi connectivity index (χ0) is 13.8. The molecule has 1 aliphatic heterocycles. The Morgan fingerprint density at radius 2 is 2.11 bits per heavy atom. The van der Waals surface area contributed by atoms with Crippen LogP contribution >= 0.6 is 0 Å². The average molecular weight is 262 g/mol. The molecular weight excluding hydrogens is 250 g/mol. The molecule has 2 N–H and O–H groups in total. The van der Waals surface area contributed by atoms with Gasteiger partial charge in [0.2, 0.25) is 0 Å². The van der Waals surface area contributed by atoms with E-state index in [1.54, 1.807) is 12.1 Å². The van der Waals surface area contributed by atoms with Crippen LogP contribution in [-0.2, 0) is 4.74 Å². The monoisotopic (exact) mass is 262 g/mol. The largest absolute Gasteiger partial charge is 0.478 e. The zero-order valence-corrected chi connectivity index (χ0v) is 10.2. The van der Waals surface area contributed by atoms with E-state index in [1.807, 2.05) is 6.92 Å². The van der Waals surface area contributed by atoms with Gasteiger partial charge < -0.3 is 9.84 Å². The van der Waals surface area contributed by atoms with E-state index in [-0.39, 0.29) is 23.4 Å². The number of nitrogens with zero attached hydrogens (tertiary/aromatic N) is 2. The van der Waals surface area contributed by atoms with Crippen molar-refractivity contribution in [3.8, 4) is 0 Å². The summed E-state index contributed by atoms with van der Waals surface area (Å²) < 4.78 is 5.21. The number of aromatic carboxylic acids is 1.